The first-order chi connectivity index (χ1) is 9.20. The summed E-state index contributed by atoms with van der Waals surface area (Å²) in [4.78, 5) is 10.9. The second-order valence-electron chi connectivity index (χ2n) is 5.25. The molecule has 106 valence electrons. The molecule has 0 spiro atoms. The first-order valence-corrected chi connectivity index (χ1v) is 7.56. The Balaban J connectivity index is 1.94. The third-order valence-electron chi connectivity index (χ3n) is 3.61. The topological polar surface area (TPSA) is 41.1 Å². The lowest BCUT2D eigenvalue weighted by Crippen LogP contribution is -2.38. The van der Waals surface area contributed by atoms with E-state index in [-0.39, 0.29) is 0 Å². The van der Waals surface area contributed by atoms with E-state index in [9.17, 15) is 0 Å². The minimum atomic E-state index is 0.370. The molecular formula is C14H23ClN4. The molecule has 0 radical (unpaired) electrons. The summed E-state index contributed by atoms with van der Waals surface area (Å²) >= 11 is 6.10. The van der Waals surface area contributed by atoms with Crippen LogP contribution in [-0.2, 0) is 6.42 Å². The van der Waals surface area contributed by atoms with Crippen LogP contribution in [0.15, 0.2) is 6.33 Å². The highest BCUT2D eigenvalue weighted by Crippen LogP contribution is 2.21. The number of anilines is 1. The number of rotatable bonds is 5. The third-order valence-corrected chi connectivity index (χ3v) is 3.94. The molecule has 0 bridgehead atoms. The van der Waals surface area contributed by atoms with Gasteiger partial charge in [0.1, 0.15) is 17.3 Å². The van der Waals surface area contributed by atoms with Crippen molar-refractivity contribution in [1.82, 2.24) is 14.9 Å². The smallest absolute Gasteiger partial charge is 0.137 e. The molecule has 1 saturated heterocycles. The summed E-state index contributed by atoms with van der Waals surface area (Å²) in [7, 11) is 0. The summed E-state index contributed by atoms with van der Waals surface area (Å²) in [5, 5.41) is 4.03. The van der Waals surface area contributed by atoms with Gasteiger partial charge in [0, 0.05) is 18.2 Å². The van der Waals surface area contributed by atoms with Crippen molar-refractivity contribution in [1.29, 1.82) is 0 Å². The Morgan fingerprint density at radius 1 is 1.32 bits per heavy atom. The van der Waals surface area contributed by atoms with Crippen molar-refractivity contribution in [3.8, 4) is 0 Å². The van der Waals surface area contributed by atoms with Gasteiger partial charge in [-0.25, -0.2) is 9.97 Å². The van der Waals surface area contributed by atoms with Crippen LogP contribution in [0, 0.1) is 0 Å². The number of nitrogens with zero attached hydrogens (tertiary/aromatic N) is 3. The molecule has 0 amide bonds. The summed E-state index contributed by atoms with van der Waals surface area (Å²) < 4.78 is 0. The number of likely N-dealkylation sites (tertiary alicyclic amines) is 1. The molecule has 1 aliphatic rings. The Hall–Kier alpha value is -0.870. The fraction of sp³-hybridized carbons (Fsp3) is 0.714. The van der Waals surface area contributed by atoms with E-state index in [1.165, 1.54) is 38.7 Å². The normalized spacial score (nSPS) is 18.3. The second-order valence-corrected chi connectivity index (χ2v) is 5.61. The summed E-state index contributed by atoms with van der Waals surface area (Å²) in [6, 6.07) is 0.370. The molecule has 0 aliphatic carbocycles. The molecule has 2 heterocycles. The lowest BCUT2D eigenvalue weighted by molar-refractivity contribution is 0.223. The maximum absolute atomic E-state index is 6.10. The summed E-state index contributed by atoms with van der Waals surface area (Å²) in [6.45, 7) is 7.77. The van der Waals surface area contributed by atoms with Crippen LogP contribution in [0.3, 0.4) is 0 Å². The first-order valence-electron chi connectivity index (χ1n) is 7.19. The number of hydrogen-bond acceptors (Lipinski definition) is 4. The Morgan fingerprint density at radius 2 is 2.05 bits per heavy atom. The highest BCUT2D eigenvalue weighted by molar-refractivity contribution is 6.30. The number of nitrogens with one attached hydrogen (secondary N) is 1. The van der Waals surface area contributed by atoms with Gasteiger partial charge in [-0.15, -0.1) is 0 Å². The fourth-order valence-corrected chi connectivity index (χ4v) is 2.90. The molecule has 1 aromatic rings. The molecule has 19 heavy (non-hydrogen) atoms. The van der Waals surface area contributed by atoms with Crippen LogP contribution in [0.25, 0.3) is 0 Å². The van der Waals surface area contributed by atoms with Gasteiger partial charge >= 0.3 is 0 Å². The van der Waals surface area contributed by atoms with Crippen molar-refractivity contribution in [3.63, 3.8) is 0 Å². The van der Waals surface area contributed by atoms with Gasteiger partial charge in [-0.05, 0) is 39.3 Å². The van der Waals surface area contributed by atoms with Gasteiger partial charge in [0.2, 0.25) is 0 Å². The van der Waals surface area contributed by atoms with Crippen LogP contribution < -0.4 is 5.32 Å². The zero-order valence-corrected chi connectivity index (χ0v) is 12.6. The Morgan fingerprint density at radius 3 is 2.74 bits per heavy atom. The van der Waals surface area contributed by atoms with Crippen molar-refractivity contribution in [2.24, 2.45) is 0 Å². The fourth-order valence-electron chi connectivity index (χ4n) is 2.64. The SMILES string of the molecule is CCc1c(Cl)ncnc1NC(C)CN1CCCCC1. The molecule has 4 nitrogen and oxygen atoms in total. The van der Waals surface area contributed by atoms with Gasteiger partial charge < -0.3 is 10.2 Å². The van der Waals surface area contributed by atoms with Gasteiger partial charge in [0.05, 0.1) is 0 Å². The average Bonchev–Trinajstić information content (AvgIpc) is 2.40. The van der Waals surface area contributed by atoms with Crippen LogP contribution in [0.4, 0.5) is 5.82 Å². The molecule has 1 fully saturated rings. The molecule has 1 N–H and O–H groups in total. The number of halogens is 1. The zero-order valence-electron chi connectivity index (χ0n) is 11.8. The van der Waals surface area contributed by atoms with Crippen LogP contribution in [0.5, 0.6) is 0 Å². The van der Waals surface area contributed by atoms with E-state index < -0.39 is 0 Å². The van der Waals surface area contributed by atoms with Gasteiger partial charge in [-0.1, -0.05) is 24.9 Å². The summed E-state index contributed by atoms with van der Waals surface area (Å²) in [5.41, 5.74) is 1.01. The third kappa shape index (κ3) is 4.05. The van der Waals surface area contributed by atoms with Crippen molar-refractivity contribution >= 4 is 17.4 Å². The lowest BCUT2D eigenvalue weighted by Gasteiger charge is -2.29. The van der Waals surface area contributed by atoms with Crippen LogP contribution in [0.1, 0.15) is 38.7 Å². The summed E-state index contributed by atoms with van der Waals surface area (Å²) in [6.07, 6.45) is 6.40. The monoisotopic (exact) mass is 282 g/mol. The largest absolute Gasteiger partial charge is 0.366 e. The van der Waals surface area contributed by atoms with Gasteiger partial charge in [0.25, 0.3) is 0 Å². The van der Waals surface area contributed by atoms with Crippen molar-refractivity contribution in [2.75, 3.05) is 25.0 Å². The molecule has 1 atom stereocenters. The quantitative estimate of drug-likeness (QED) is 0.843. The molecule has 1 aliphatic heterocycles. The zero-order chi connectivity index (χ0) is 13.7. The van der Waals surface area contributed by atoms with Crippen LogP contribution in [0.2, 0.25) is 5.15 Å². The maximum Gasteiger partial charge on any atom is 0.137 e. The molecule has 1 aromatic heterocycles. The van der Waals surface area contributed by atoms with E-state index in [0.717, 1.165) is 24.3 Å². The van der Waals surface area contributed by atoms with E-state index in [4.69, 9.17) is 11.6 Å². The molecule has 0 aromatic carbocycles. The van der Waals surface area contributed by atoms with Gasteiger partial charge in [-0.2, -0.15) is 0 Å². The van der Waals surface area contributed by atoms with Crippen LogP contribution >= 0.6 is 11.6 Å². The average molecular weight is 283 g/mol. The number of piperidine rings is 1. The second kappa shape index (κ2) is 7.06. The number of hydrogen-bond donors (Lipinski definition) is 1. The Kier molecular flexibility index (Phi) is 5.40. The van der Waals surface area contributed by atoms with Crippen molar-refractivity contribution in [2.45, 2.75) is 45.6 Å². The first kappa shape index (κ1) is 14.5. The number of aromatic nitrogens is 2. The van der Waals surface area contributed by atoms with Gasteiger partial charge in [0.15, 0.2) is 0 Å². The van der Waals surface area contributed by atoms with Gasteiger partial charge in [-0.3, -0.25) is 0 Å². The van der Waals surface area contributed by atoms with E-state index in [2.05, 4.69) is 34.0 Å². The standard InChI is InChI=1S/C14H23ClN4/c1-3-12-13(15)16-10-17-14(12)18-11(2)9-19-7-5-4-6-8-19/h10-11H,3-9H2,1-2H3,(H,16,17,18). The van der Waals surface area contributed by atoms with Crippen molar-refractivity contribution < 1.29 is 0 Å². The highest BCUT2D eigenvalue weighted by atomic mass is 35.5. The predicted octanol–water partition coefficient (Wildman–Crippen LogP) is 2.98. The minimum Gasteiger partial charge on any atom is -0.366 e. The summed E-state index contributed by atoms with van der Waals surface area (Å²) in [5.74, 6) is 0.881. The molecule has 1 unspecified atom stereocenters. The van der Waals surface area contributed by atoms with E-state index >= 15 is 0 Å². The maximum atomic E-state index is 6.10. The Bertz CT molecular complexity index is 404. The molecule has 5 heteroatoms. The van der Waals surface area contributed by atoms with E-state index in [1.54, 1.807) is 0 Å². The lowest BCUT2D eigenvalue weighted by atomic mass is 10.1. The molecular weight excluding hydrogens is 260 g/mol. The Labute approximate surface area is 120 Å². The highest BCUT2D eigenvalue weighted by Gasteiger charge is 2.15. The minimum absolute atomic E-state index is 0.370. The van der Waals surface area contributed by atoms with E-state index in [1.807, 2.05) is 0 Å². The van der Waals surface area contributed by atoms with E-state index in [0.29, 0.717) is 11.2 Å². The van der Waals surface area contributed by atoms with Crippen LogP contribution in [-0.4, -0.2) is 40.5 Å². The predicted molar refractivity (Wildman–Crippen MR) is 79.8 cm³/mol. The van der Waals surface area contributed by atoms with Crippen molar-refractivity contribution in [3.05, 3.63) is 17.0 Å². The molecule has 2 rings (SSSR count). The molecule has 0 saturated carbocycles.